The molecule has 2 aromatic carbocycles. The number of carbonyl (C=O) groups is 1. The van der Waals surface area contributed by atoms with Crippen LogP contribution in [0.5, 0.6) is 0 Å². The minimum absolute atomic E-state index is 0.367. The van der Waals surface area contributed by atoms with Crippen LogP contribution in [0.2, 0.25) is 0 Å². The highest BCUT2D eigenvalue weighted by molar-refractivity contribution is 6.62. The lowest BCUT2D eigenvalue weighted by Crippen LogP contribution is -2.41. The summed E-state index contributed by atoms with van der Waals surface area (Å²) < 4.78 is 12.3. The van der Waals surface area contributed by atoms with Gasteiger partial charge in [-0.05, 0) is 49.8 Å². The lowest BCUT2D eigenvalue weighted by atomic mass is 9.78. The second-order valence-corrected chi connectivity index (χ2v) is 7.57. The van der Waals surface area contributed by atoms with Gasteiger partial charge >= 0.3 is 13.1 Å². The monoisotopic (exact) mass is 365 g/mol. The molecule has 0 unspecified atom stereocenters. The molecule has 0 aliphatic carbocycles. The van der Waals surface area contributed by atoms with Crippen LogP contribution in [0.4, 0.5) is 4.79 Å². The Balaban J connectivity index is 1.78. The number of primary amides is 1. The van der Waals surface area contributed by atoms with Crippen LogP contribution in [-0.2, 0) is 9.31 Å². The van der Waals surface area contributed by atoms with Crippen molar-refractivity contribution < 1.29 is 14.1 Å². The molecule has 0 spiro atoms. The van der Waals surface area contributed by atoms with E-state index in [1.165, 1.54) is 6.21 Å². The SMILES string of the molecule is CC1(C)OB(c2cccc(-c3ccc(C=NNC(N)=O)cc3)c2)OC1(C)C. The maximum Gasteiger partial charge on any atom is 0.494 e. The Bertz CT molecular complexity index is 847. The summed E-state index contributed by atoms with van der Waals surface area (Å²) in [5.41, 5.74) is 10.4. The zero-order valence-electron chi connectivity index (χ0n) is 16.0. The van der Waals surface area contributed by atoms with Crippen LogP contribution in [0.25, 0.3) is 11.1 Å². The molecule has 0 bridgehead atoms. The number of amides is 2. The Morgan fingerprint density at radius 3 is 2.26 bits per heavy atom. The first-order valence-corrected chi connectivity index (χ1v) is 8.82. The minimum atomic E-state index is -0.692. The fourth-order valence-corrected chi connectivity index (χ4v) is 2.78. The van der Waals surface area contributed by atoms with Gasteiger partial charge in [0, 0.05) is 0 Å². The van der Waals surface area contributed by atoms with Crippen molar-refractivity contribution in [2.75, 3.05) is 0 Å². The number of hydrazone groups is 1. The van der Waals surface area contributed by atoms with Crippen molar-refractivity contribution in [1.82, 2.24) is 5.43 Å². The molecule has 3 N–H and O–H groups in total. The summed E-state index contributed by atoms with van der Waals surface area (Å²) in [6.45, 7) is 8.18. The molecule has 27 heavy (non-hydrogen) atoms. The van der Waals surface area contributed by atoms with Crippen LogP contribution in [0.3, 0.4) is 0 Å². The molecule has 0 aromatic heterocycles. The standard InChI is InChI=1S/C20H24BN3O3/c1-19(2)20(3,4)27-21(26-19)17-7-5-6-16(12-17)15-10-8-14(9-11-15)13-23-24-18(22)25/h5-13H,1-4H3,(H3,22,24,25). The second-order valence-electron chi connectivity index (χ2n) is 7.57. The van der Waals surface area contributed by atoms with E-state index in [0.717, 1.165) is 22.2 Å². The third-order valence-corrected chi connectivity index (χ3v) is 5.04. The molecule has 1 heterocycles. The first kappa shape index (κ1) is 19.1. The highest BCUT2D eigenvalue weighted by Gasteiger charge is 2.51. The largest absolute Gasteiger partial charge is 0.494 e. The lowest BCUT2D eigenvalue weighted by molar-refractivity contribution is 0.00578. The maximum absolute atomic E-state index is 10.6. The zero-order valence-corrected chi connectivity index (χ0v) is 16.0. The predicted molar refractivity (Wildman–Crippen MR) is 108 cm³/mol. The molecule has 1 fully saturated rings. The van der Waals surface area contributed by atoms with Crippen LogP contribution in [-0.4, -0.2) is 30.6 Å². The van der Waals surface area contributed by atoms with E-state index in [-0.39, 0.29) is 18.3 Å². The van der Waals surface area contributed by atoms with Gasteiger partial charge in [-0.3, -0.25) is 0 Å². The van der Waals surface area contributed by atoms with Gasteiger partial charge in [-0.1, -0.05) is 48.5 Å². The van der Waals surface area contributed by atoms with Gasteiger partial charge in [-0.15, -0.1) is 0 Å². The third-order valence-electron chi connectivity index (χ3n) is 5.04. The molecule has 6 nitrogen and oxygen atoms in total. The number of nitrogens with two attached hydrogens (primary N) is 1. The van der Waals surface area contributed by atoms with Gasteiger partial charge < -0.3 is 15.0 Å². The van der Waals surface area contributed by atoms with E-state index in [1.807, 2.05) is 70.2 Å². The highest BCUT2D eigenvalue weighted by Crippen LogP contribution is 2.36. The lowest BCUT2D eigenvalue weighted by Gasteiger charge is -2.32. The normalized spacial score (nSPS) is 18.0. The summed E-state index contributed by atoms with van der Waals surface area (Å²) in [6.07, 6.45) is 1.54. The molecular weight excluding hydrogens is 341 g/mol. The molecule has 0 radical (unpaired) electrons. The fourth-order valence-electron chi connectivity index (χ4n) is 2.78. The van der Waals surface area contributed by atoms with Crippen LogP contribution in [0, 0.1) is 0 Å². The van der Waals surface area contributed by atoms with E-state index >= 15 is 0 Å². The van der Waals surface area contributed by atoms with Crippen molar-refractivity contribution >= 4 is 24.8 Å². The van der Waals surface area contributed by atoms with E-state index in [0.29, 0.717) is 0 Å². The Hall–Kier alpha value is -2.64. The number of hydrogen-bond donors (Lipinski definition) is 2. The van der Waals surface area contributed by atoms with E-state index < -0.39 is 6.03 Å². The number of benzene rings is 2. The van der Waals surface area contributed by atoms with Crippen molar-refractivity contribution in [1.29, 1.82) is 0 Å². The quantitative estimate of drug-likeness (QED) is 0.496. The van der Waals surface area contributed by atoms with Gasteiger partial charge in [0.15, 0.2) is 0 Å². The second kappa shape index (κ2) is 7.17. The van der Waals surface area contributed by atoms with Gasteiger partial charge in [0.1, 0.15) is 0 Å². The van der Waals surface area contributed by atoms with Gasteiger partial charge in [0.05, 0.1) is 17.4 Å². The summed E-state index contributed by atoms with van der Waals surface area (Å²) in [6, 6.07) is 15.3. The molecule has 0 atom stereocenters. The van der Waals surface area contributed by atoms with Crippen molar-refractivity contribution in [2.24, 2.45) is 10.8 Å². The molecule has 1 aliphatic rings. The molecule has 0 saturated carbocycles. The maximum atomic E-state index is 10.6. The van der Waals surface area contributed by atoms with E-state index in [1.54, 1.807) is 0 Å². The molecule has 1 saturated heterocycles. The van der Waals surface area contributed by atoms with E-state index in [2.05, 4.69) is 16.6 Å². The zero-order chi connectivity index (χ0) is 19.7. The molecule has 3 rings (SSSR count). The van der Waals surface area contributed by atoms with Gasteiger partial charge in [0.25, 0.3) is 0 Å². The molecule has 140 valence electrons. The molecular formula is C20H24BN3O3. The Morgan fingerprint density at radius 2 is 1.67 bits per heavy atom. The molecule has 2 aromatic rings. The van der Waals surface area contributed by atoms with Crippen LogP contribution in [0.1, 0.15) is 33.3 Å². The smallest absolute Gasteiger partial charge is 0.399 e. The van der Waals surface area contributed by atoms with E-state index in [4.69, 9.17) is 15.0 Å². The summed E-state index contributed by atoms with van der Waals surface area (Å²) >= 11 is 0. The van der Waals surface area contributed by atoms with Crippen molar-refractivity contribution in [3.63, 3.8) is 0 Å². The van der Waals surface area contributed by atoms with Crippen molar-refractivity contribution in [3.05, 3.63) is 54.1 Å². The number of carbonyl (C=O) groups excluding carboxylic acids is 1. The minimum Gasteiger partial charge on any atom is -0.399 e. The Morgan fingerprint density at radius 1 is 1.04 bits per heavy atom. The third kappa shape index (κ3) is 4.20. The number of nitrogens with one attached hydrogen (secondary N) is 1. The molecule has 1 aliphatic heterocycles. The molecule has 2 amide bonds. The first-order valence-electron chi connectivity index (χ1n) is 8.82. The Kier molecular flexibility index (Phi) is 5.08. The molecule has 7 heteroatoms. The summed E-state index contributed by atoms with van der Waals surface area (Å²) in [4.78, 5) is 10.6. The van der Waals surface area contributed by atoms with Crippen molar-refractivity contribution in [2.45, 2.75) is 38.9 Å². The van der Waals surface area contributed by atoms with Crippen LogP contribution >= 0.6 is 0 Å². The van der Waals surface area contributed by atoms with Crippen LogP contribution in [0.15, 0.2) is 53.6 Å². The number of urea groups is 1. The van der Waals surface area contributed by atoms with Gasteiger partial charge in [-0.2, -0.15) is 5.10 Å². The summed E-state index contributed by atoms with van der Waals surface area (Å²) in [5, 5.41) is 3.75. The van der Waals surface area contributed by atoms with E-state index in [9.17, 15) is 4.79 Å². The fraction of sp³-hybridized carbons (Fsp3) is 0.300. The average molecular weight is 365 g/mol. The van der Waals surface area contributed by atoms with Gasteiger partial charge in [0.2, 0.25) is 0 Å². The number of nitrogens with zero attached hydrogens (tertiary/aromatic N) is 1. The first-order chi connectivity index (χ1) is 12.7. The number of hydrogen-bond acceptors (Lipinski definition) is 4. The number of rotatable bonds is 4. The topological polar surface area (TPSA) is 85.9 Å². The highest BCUT2D eigenvalue weighted by atomic mass is 16.7. The van der Waals surface area contributed by atoms with Crippen molar-refractivity contribution in [3.8, 4) is 11.1 Å². The average Bonchev–Trinajstić information content (AvgIpc) is 2.83. The predicted octanol–water partition coefficient (Wildman–Crippen LogP) is 2.66. The summed E-state index contributed by atoms with van der Waals surface area (Å²) in [5.74, 6) is 0. The van der Waals surface area contributed by atoms with Gasteiger partial charge in [-0.25, -0.2) is 10.2 Å². The van der Waals surface area contributed by atoms with Crippen LogP contribution < -0.4 is 16.6 Å². The summed E-state index contributed by atoms with van der Waals surface area (Å²) in [7, 11) is -0.388. The Labute approximate surface area is 159 Å².